The van der Waals surface area contributed by atoms with Crippen LogP contribution in [0.25, 0.3) is 10.9 Å². The minimum Gasteiger partial charge on any atom is -0.598 e. The van der Waals surface area contributed by atoms with Gasteiger partial charge < -0.3 is 15.3 Å². The lowest BCUT2D eigenvalue weighted by Gasteiger charge is -2.43. The number of carbonyl (C=O) groups is 2. The van der Waals surface area contributed by atoms with Crippen molar-refractivity contribution in [2.45, 2.75) is 32.5 Å². The number of H-pyrrole nitrogens is 1. The fourth-order valence-electron chi connectivity index (χ4n) is 5.10. The van der Waals surface area contributed by atoms with E-state index >= 15 is 0 Å². The second-order valence-electron chi connectivity index (χ2n) is 9.17. The first-order chi connectivity index (χ1) is 17.6. The summed E-state index contributed by atoms with van der Waals surface area (Å²) < 4.78 is 0. The number of carboxylic acids is 1. The second kappa shape index (κ2) is 9.48. The van der Waals surface area contributed by atoms with Crippen LogP contribution in [0.15, 0.2) is 54.6 Å². The van der Waals surface area contributed by atoms with Crippen molar-refractivity contribution in [2.75, 3.05) is 0 Å². The summed E-state index contributed by atoms with van der Waals surface area (Å²) in [6.07, 6.45) is -1.26. The molecule has 1 aromatic heterocycles. The van der Waals surface area contributed by atoms with E-state index < -0.39 is 29.3 Å². The summed E-state index contributed by atoms with van der Waals surface area (Å²) in [5.74, 6) is -2.00. The molecule has 2 heterocycles. The Labute approximate surface area is 222 Å². The number of para-hydroxylation sites is 1. The first-order valence-electron chi connectivity index (χ1n) is 11.5. The third-order valence-electron chi connectivity index (χ3n) is 7.02. The van der Waals surface area contributed by atoms with Gasteiger partial charge in [0.15, 0.2) is 6.17 Å². The zero-order valence-corrected chi connectivity index (χ0v) is 21.4. The van der Waals surface area contributed by atoms with Crippen LogP contribution in [-0.2, 0) is 6.42 Å². The van der Waals surface area contributed by atoms with Gasteiger partial charge in [-0.2, -0.15) is 0 Å². The molecule has 0 spiro atoms. The normalized spacial score (nSPS) is 18.1. The van der Waals surface area contributed by atoms with Crippen molar-refractivity contribution in [3.63, 3.8) is 0 Å². The first kappa shape index (κ1) is 25.3. The molecule has 0 saturated heterocycles. The number of aromatic carboxylic acids is 1. The van der Waals surface area contributed by atoms with Crippen LogP contribution in [0, 0.1) is 19.1 Å². The number of rotatable bonds is 4. The Balaban J connectivity index is 1.81. The van der Waals surface area contributed by atoms with E-state index in [1.165, 1.54) is 17.0 Å². The molecule has 2 unspecified atom stereocenters. The summed E-state index contributed by atoms with van der Waals surface area (Å²) in [6.45, 7) is 3.52. The monoisotopic (exact) mass is 539 g/mol. The van der Waals surface area contributed by atoms with E-state index in [1.54, 1.807) is 32.0 Å². The highest BCUT2D eigenvalue weighted by Gasteiger charge is 2.45. The van der Waals surface area contributed by atoms with Crippen LogP contribution in [0.5, 0.6) is 0 Å². The minimum atomic E-state index is -1.29. The molecule has 1 aliphatic rings. The van der Waals surface area contributed by atoms with Gasteiger partial charge in [-0.3, -0.25) is 9.69 Å². The summed E-state index contributed by atoms with van der Waals surface area (Å²) in [4.78, 5) is 30.9. The van der Waals surface area contributed by atoms with Crippen LogP contribution < -0.4 is 5.23 Å². The number of hydrogen-bond donors (Lipinski definition) is 4. The average Bonchev–Trinajstić information content (AvgIpc) is 3.24. The van der Waals surface area contributed by atoms with Crippen LogP contribution in [0.4, 0.5) is 0 Å². The number of carbonyl (C=O) groups excluding carboxylic acids is 1. The van der Waals surface area contributed by atoms with Crippen LogP contribution in [-0.4, -0.2) is 38.2 Å². The molecule has 1 aliphatic heterocycles. The van der Waals surface area contributed by atoms with Crippen molar-refractivity contribution >= 4 is 46.0 Å². The van der Waals surface area contributed by atoms with Crippen LogP contribution in [0.3, 0.4) is 0 Å². The maximum Gasteiger partial charge on any atom is 0.336 e. The van der Waals surface area contributed by atoms with E-state index in [2.05, 4.69) is 4.98 Å². The SMILES string of the molecule is Cc1cc(C(=O)O)c(C(=O)N2C(c3cccc(Cl)c3Cl)c3[nH]c4ccccc4c3C[C@H]2[NH+]([O-])O)cc1C. The number of amides is 1. The van der Waals surface area contributed by atoms with E-state index in [0.29, 0.717) is 22.4 Å². The molecule has 190 valence electrons. The number of fused-ring (bicyclic) bond motifs is 3. The van der Waals surface area contributed by atoms with Gasteiger partial charge in [-0.15, -0.1) is 0 Å². The third-order valence-corrected chi connectivity index (χ3v) is 7.86. The van der Waals surface area contributed by atoms with Crippen LogP contribution in [0.2, 0.25) is 10.0 Å². The van der Waals surface area contributed by atoms with E-state index in [-0.39, 0.29) is 27.6 Å². The van der Waals surface area contributed by atoms with Crippen LogP contribution >= 0.6 is 23.2 Å². The summed E-state index contributed by atoms with van der Waals surface area (Å²) in [6, 6.07) is 14.4. The predicted octanol–water partition coefficient (Wildman–Crippen LogP) is 4.68. The van der Waals surface area contributed by atoms with Gasteiger partial charge in [0.2, 0.25) is 0 Å². The smallest absolute Gasteiger partial charge is 0.336 e. The Morgan fingerprint density at radius 3 is 2.41 bits per heavy atom. The van der Waals surface area contributed by atoms with E-state index in [1.807, 2.05) is 24.3 Å². The number of nitrogens with zero attached hydrogens (tertiary/aromatic N) is 1. The maximum atomic E-state index is 14.2. The number of hydroxylamine groups is 2. The lowest BCUT2D eigenvalue weighted by Crippen LogP contribution is -3.12. The molecule has 8 nitrogen and oxygen atoms in total. The van der Waals surface area contributed by atoms with Gasteiger partial charge in [0.1, 0.15) is 6.04 Å². The number of aromatic nitrogens is 1. The third kappa shape index (κ3) is 4.17. The van der Waals surface area contributed by atoms with Gasteiger partial charge in [0.25, 0.3) is 5.91 Å². The van der Waals surface area contributed by atoms with Gasteiger partial charge in [-0.05, 0) is 54.8 Å². The number of halogens is 2. The highest BCUT2D eigenvalue weighted by Crippen LogP contribution is 2.44. The topological polar surface area (TPSA) is 121 Å². The minimum absolute atomic E-state index is 0.0301. The zero-order valence-electron chi connectivity index (χ0n) is 19.9. The number of hydrogen-bond acceptors (Lipinski definition) is 4. The Hall–Kier alpha value is -3.40. The van der Waals surface area contributed by atoms with Gasteiger partial charge in [-0.1, -0.05) is 53.5 Å². The van der Waals surface area contributed by atoms with Crippen molar-refractivity contribution < 1.29 is 25.1 Å². The fraction of sp³-hybridized carbons (Fsp3) is 0.185. The molecule has 1 amide bonds. The number of benzene rings is 3. The Bertz CT molecular complexity index is 1570. The Morgan fingerprint density at radius 1 is 1.05 bits per heavy atom. The lowest BCUT2D eigenvalue weighted by molar-refractivity contribution is -1.07. The van der Waals surface area contributed by atoms with Gasteiger partial charge >= 0.3 is 5.97 Å². The highest BCUT2D eigenvalue weighted by atomic mass is 35.5. The number of quaternary nitrogens is 1. The molecule has 37 heavy (non-hydrogen) atoms. The van der Waals surface area contributed by atoms with E-state index in [9.17, 15) is 25.1 Å². The summed E-state index contributed by atoms with van der Waals surface area (Å²) in [5, 5.41) is 32.9. The molecule has 4 N–H and O–H groups in total. The van der Waals surface area contributed by atoms with Crippen molar-refractivity contribution in [1.82, 2.24) is 9.88 Å². The molecule has 0 aliphatic carbocycles. The number of aryl methyl sites for hydroxylation is 2. The fourth-order valence-corrected chi connectivity index (χ4v) is 5.51. The van der Waals surface area contributed by atoms with E-state index in [0.717, 1.165) is 16.5 Å². The molecule has 0 saturated carbocycles. The standard InChI is InChI=1S/C27H23Cl2N3O5/c1-13-10-18(19(27(34)35)11-14(13)2)26(33)31-22(32(36)37)12-17-15-6-3-4-9-21(15)30-24(17)25(31)16-7-5-8-20(28)23(16)29/h3-11,22,25,30,32,36H,12H2,1-2H3,(H,34,35)/t22-,25?/m1/s1. The quantitative estimate of drug-likeness (QED) is 0.280. The van der Waals surface area contributed by atoms with Gasteiger partial charge in [0.05, 0.1) is 27.6 Å². The first-order valence-corrected chi connectivity index (χ1v) is 12.3. The number of aromatic amines is 1. The van der Waals surface area contributed by atoms with E-state index in [4.69, 9.17) is 23.2 Å². The molecule has 0 bridgehead atoms. The molecule has 3 atom stereocenters. The molecule has 0 fully saturated rings. The second-order valence-corrected chi connectivity index (χ2v) is 9.95. The lowest BCUT2D eigenvalue weighted by atomic mass is 9.89. The van der Waals surface area contributed by atoms with Crippen LogP contribution in [0.1, 0.15) is 54.7 Å². The van der Waals surface area contributed by atoms with Gasteiger partial charge in [-0.25, -0.2) is 15.2 Å². The van der Waals surface area contributed by atoms with Crippen molar-refractivity contribution in [1.29, 1.82) is 0 Å². The molecular weight excluding hydrogens is 517 g/mol. The summed E-state index contributed by atoms with van der Waals surface area (Å²) in [7, 11) is 0. The molecular formula is C27H23Cl2N3O5. The molecule has 5 rings (SSSR count). The van der Waals surface area contributed by atoms with Crippen molar-refractivity contribution in [3.8, 4) is 0 Å². The largest absolute Gasteiger partial charge is 0.598 e. The van der Waals surface area contributed by atoms with Gasteiger partial charge in [0, 0.05) is 22.2 Å². The number of carboxylic acid groups (broad SMARTS) is 1. The Morgan fingerprint density at radius 2 is 1.73 bits per heavy atom. The molecule has 10 heteroatoms. The average molecular weight is 540 g/mol. The number of nitrogens with one attached hydrogen (secondary N) is 2. The highest BCUT2D eigenvalue weighted by molar-refractivity contribution is 6.42. The van der Waals surface area contributed by atoms with Crippen molar-refractivity contribution in [3.05, 3.63) is 109 Å². The zero-order chi connectivity index (χ0) is 26.6. The predicted molar refractivity (Wildman–Crippen MR) is 139 cm³/mol. The summed E-state index contributed by atoms with van der Waals surface area (Å²) in [5.41, 5.74) is 3.70. The molecule has 0 radical (unpaired) electrons. The summed E-state index contributed by atoms with van der Waals surface area (Å²) >= 11 is 13.0. The van der Waals surface area contributed by atoms with Crippen molar-refractivity contribution in [2.24, 2.45) is 0 Å². The molecule has 3 aromatic carbocycles. The molecule has 4 aromatic rings. The maximum absolute atomic E-state index is 14.2. The Kier molecular flexibility index (Phi) is 6.47.